The fourth-order valence-corrected chi connectivity index (χ4v) is 3.82. The number of sulfonamides is 1. The Kier molecular flexibility index (Phi) is 4.28. The van der Waals surface area contributed by atoms with Crippen molar-refractivity contribution in [3.63, 3.8) is 0 Å². The van der Waals surface area contributed by atoms with Crippen molar-refractivity contribution in [3.8, 4) is 11.3 Å². The second-order valence-electron chi connectivity index (χ2n) is 6.52. The molecule has 1 aromatic heterocycles. The van der Waals surface area contributed by atoms with Gasteiger partial charge in [0.25, 0.3) is 10.0 Å². The smallest absolute Gasteiger partial charge is 0.261 e. The van der Waals surface area contributed by atoms with Crippen LogP contribution < -0.4 is 4.72 Å². The third kappa shape index (κ3) is 3.51. The Hall–Kier alpha value is -2.60. The number of aromatic nitrogens is 1. The first kappa shape index (κ1) is 16.8. The molecule has 0 aliphatic heterocycles. The molecule has 0 atom stereocenters. The van der Waals surface area contributed by atoms with E-state index in [-0.39, 0.29) is 4.90 Å². The maximum atomic E-state index is 12.6. The number of nitrogens with zero attached hydrogens (tertiary/aromatic N) is 1. The van der Waals surface area contributed by atoms with Crippen LogP contribution in [0.15, 0.2) is 64.0 Å². The summed E-state index contributed by atoms with van der Waals surface area (Å²) < 4.78 is 33.5. The second kappa shape index (κ2) is 6.61. The minimum absolute atomic E-state index is 0.211. The number of hydrogen-bond donors (Lipinski definition) is 1. The van der Waals surface area contributed by atoms with E-state index in [0.717, 1.165) is 36.3 Å². The Balaban J connectivity index is 1.52. The summed E-state index contributed by atoms with van der Waals surface area (Å²) >= 11 is 0. The van der Waals surface area contributed by atoms with Crippen LogP contribution in [0.5, 0.6) is 0 Å². The zero-order valence-electron chi connectivity index (χ0n) is 14.5. The Morgan fingerprint density at radius 3 is 2.38 bits per heavy atom. The monoisotopic (exact) mass is 368 g/mol. The van der Waals surface area contributed by atoms with Crippen molar-refractivity contribution in [2.45, 2.75) is 37.0 Å². The molecule has 0 saturated heterocycles. The molecule has 3 aromatic rings. The van der Waals surface area contributed by atoms with Crippen LogP contribution in [0.1, 0.15) is 37.1 Å². The van der Waals surface area contributed by atoms with Crippen molar-refractivity contribution in [1.82, 2.24) is 4.98 Å². The first-order chi connectivity index (χ1) is 12.5. The Morgan fingerprint density at radius 2 is 1.77 bits per heavy atom. The number of rotatable bonds is 6. The predicted molar refractivity (Wildman–Crippen MR) is 101 cm³/mol. The van der Waals surface area contributed by atoms with E-state index in [1.54, 1.807) is 42.6 Å². The van der Waals surface area contributed by atoms with Crippen LogP contribution in [0.3, 0.4) is 0 Å². The highest BCUT2D eigenvalue weighted by atomic mass is 32.2. The molecule has 134 valence electrons. The van der Waals surface area contributed by atoms with Crippen LogP contribution in [0.25, 0.3) is 11.3 Å². The van der Waals surface area contributed by atoms with Gasteiger partial charge in [-0.05, 0) is 61.2 Å². The van der Waals surface area contributed by atoms with Crippen LogP contribution in [0.2, 0.25) is 0 Å². The van der Waals surface area contributed by atoms with E-state index in [2.05, 4.69) is 16.6 Å². The summed E-state index contributed by atoms with van der Waals surface area (Å²) in [5.41, 5.74) is 2.53. The molecule has 0 unspecified atom stereocenters. The third-order valence-corrected chi connectivity index (χ3v) is 5.91. The summed E-state index contributed by atoms with van der Waals surface area (Å²) in [6, 6.07) is 14.0. The topological polar surface area (TPSA) is 72.2 Å². The standard InChI is InChI=1S/C20H20N2O3S/c1-2-14-3-9-17(10-4-14)22-26(23,24)18-11-7-15(8-12-18)19-13-21-20(25-19)16-5-6-16/h3-4,7-13,16,22H,2,5-6H2,1H3. The van der Waals surface area contributed by atoms with Gasteiger partial charge in [-0.15, -0.1) is 0 Å². The van der Waals surface area contributed by atoms with Gasteiger partial charge in [-0.2, -0.15) is 0 Å². The number of anilines is 1. The molecule has 0 amide bonds. The van der Waals surface area contributed by atoms with Gasteiger partial charge < -0.3 is 4.42 Å². The molecule has 26 heavy (non-hydrogen) atoms. The predicted octanol–water partition coefficient (Wildman–Crippen LogP) is 4.58. The maximum absolute atomic E-state index is 12.6. The number of aryl methyl sites for hydroxylation is 1. The zero-order valence-corrected chi connectivity index (χ0v) is 15.3. The largest absolute Gasteiger partial charge is 0.440 e. The molecule has 2 aromatic carbocycles. The summed E-state index contributed by atoms with van der Waals surface area (Å²) in [6.07, 6.45) is 4.87. The summed E-state index contributed by atoms with van der Waals surface area (Å²) in [7, 11) is -3.63. The number of hydrogen-bond acceptors (Lipinski definition) is 4. The van der Waals surface area contributed by atoms with Crippen molar-refractivity contribution in [2.24, 2.45) is 0 Å². The van der Waals surface area contributed by atoms with Gasteiger partial charge in [0.1, 0.15) is 0 Å². The normalized spacial score (nSPS) is 14.3. The highest BCUT2D eigenvalue weighted by molar-refractivity contribution is 7.92. The summed E-state index contributed by atoms with van der Waals surface area (Å²) in [5, 5.41) is 0. The van der Waals surface area contributed by atoms with E-state index in [1.165, 1.54) is 0 Å². The van der Waals surface area contributed by atoms with E-state index in [1.807, 2.05) is 12.1 Å². The molecule has 1 aliphatic carbocycles. The van der Waals surface area contributed by atoms with Gasteiger partial charge in [-0.1, -0.05) is 19.1 Å². The van der Waals surface area contributed by atoms with Gasteiger partial charge >= 0.3 is 0 Å². The van der Waals surface area contributed by atoms with Crippen LogP contribution in [-0.4, -0.2) is 13.4 Å². The van der Waals surface area contributed by atoms with Crippen LogP contribution in [0.4, 0.5) is 5.69 Å². The zero-order chi connectivity index (χ0) is 18.1. The molecular weight excluding hydrogens is 348 g/mol. The molecule has 4 rings (SSSR count). The van der Waals surface area contributed by atoms with E-state index >= 15 is 0 Å². The van der Waals surface area contributed by atoms with Crippen LogP contribution >= 0.6 is 0 Å². The molecule has 1 heterocycles. The first-order valence-electron chi connectivity index (χ1n) is 8.73. The molecule has 1 N–H and O–H groups in total. The minimum atomic E-state index is -3.63. The van der Waals surface area contributed by atoms with Crippen LogP contribution in [-0.2, 0) is 16.4 Å². The lowest BCUT2D eigenvalue weighted by molar-refractivity contribution is 0.509. The first-order valence-corrected chi connectivity index (χ1v) is 10.2. The van der Waals surface area contributed by atoms with Crippen LogP contribution in [0, 0.1) is 0 Å². The second-order valence-corrected chi connectivity index (χ2v) is 8.20. The van der Waals surface area contributed by atoms with Gasteiger partial charge in [0.15, 0.2) is 11.7 Å². The van der Waals surface area contributed by atoms with Gasteiger partial charge in [-0.25, -0.2) is 13.4 Å². The quantitative estimate of drug-likeness (QED) is 0.691. The fraction of sp³-hybridized carbons (Fsp3) is 0.250. The lowest BCUT2D eigenvalue weighted by atomic mass is 10.2. The number of oxazole rings is 1. The van der Waals surface area contributed by atoms with Gasteiger partial charge in [0.2, 0.25) is 0 Å². The lowest BCUT2D eigenvalue weighted by Gasteiger charge is -2.09. The molecule has 0 bridgehead atoms. The summed E-state index contributed by atoms with van der Waals surface area (Å²) in [5.74, 6) is 1.89. The minimum Gasteiger partial charge on any atom is -0.440 e. The van der Waals surface area contributed by atoms with Crippen molar-refractivity contribution < 1.29 is 12.8 Å². The van der Waals surface area contributed by atoms with E-state index in [4.69, 9.17) is 4.42 Å². The molecular formula is C20H20N2O3S. The molecule has 5 nitrogen and oxygen atoms in total. The third-order valence-electron chi connectivity index (χ3n) is 4.51. The number of nitrogens with one attached hydrogen (secondary N) is 1. The van der Waals surface area contributed by atoms with E-state index in [0.29, 0.717) is 17.4 Å². The summed E-state index contributed by atoms with van der Waals surface area (Å²) in [6.45, 7) is 2.06. The molecule has 1 saturated carbocycles. The van der Waals surface area contributed by atoms with Crippen molar-refractivity contribution in [3.05, 3.63) is 66.2 Å². The lowest BCUT2D eigenvalue weighted by Crippen LogP contribution is -2.12. The average Bonchev–Trinajstić information content (AvgIpc) is 3.39. The highest BCUT2D eigenvalue weighted by Crippen LogP contribution is 2.40. The molecule has 1 aliphatic rings. The highest BCUT2D eigenvalue weighted by Gasteiger charge is 2.28. The van der Waals surface area contributed by atoms with Crippen molar-refractivity contribution >= 4 is 15.7 Å². The van der Waals surface area contributed by atoms with Gasteiger partial charge in [0.05, 0.1) is 11.1 Å². The van der Waals surface area contributed by atoms with Gasteiger partial charge in [-0.3, -0.25) is 4.72 Å². The maximum Gasteiger partial charge on any atom is 0.261 e. The molecule has 0 radical (unpaired) electrons. The molecule has 1 fully saturated rings. The van der Waals surface area contributed by atoms with Gasteiger partial charge in [0, 0.05) is 17.2 Å². The Labute approximate surface area is 153 Å². The van der Waals surface area contributed by atoms with E-state index < -0.39 is 10.0 Å². The SMILES string of the molecule is CCc1ccc(NS(=O)(=O)c2ccc(-c3cnc(C4CC4)o3)cc2)cc1. The Bertz CT molecular complexity index is 1000. The molecule has 0 spiro atoms. The van der Waals surface area contributed by atoms with E-state index in [9.17, 15) is 8.42 Å². The Morgan fingerprint density at radius 1 is 1.08 bits per heavy atom. The fourth-order valence-electron chi connectivity index (χ4n) is 2.76. The summed E-state index contributed by atoms with van der Waals surface area (Å²) in [4.78, 5) is 4.51. The van der Waals surface area contributed by atoms with Crippen molar-refractivity contribution in [1.29, 1.82) is 0 Å². The molecule has 6 heteroatoms. The average molecular weight is 368 g/mol. The number of benzene rings is 2. The van der Waals surface area contributed by atoms with Crippen molar-refractivity contribution in [2.75, 3.05) is 4.72 Å².